The second-order valence-corrected chi connectivity index (χ2v) is 5.80. The average Bonchev–Trinajstić information content (AvgIpc) is 2.40. The zero-order chi connectivity index (χ0) is 14.5. The first-order valence-electron chi connectivity index (χ1n) is 7.59. The first kappa shape index (κ1) is 15.0. The molecule has 1 heterocycles. The van der Waals surface area contributed by atoms with E-state index in [9.17, 15) is 9.59 Å². The van der Waals surface area contributed by atoms with Gasteiger partial charge in [0.25, 0.3) is 5.56 Å². The molecular formula is C15H25N3O2. The molecule has 1 N–H and O–H groups in total. The van der Waals surface area contributed by atoms with Crippen molar-refractivity contribution in [3.05, 3.63) is 32.6 Å². The van der Waals surface area contributed by atoms with Gasteiger partial charge in [-0.3, -0.25) is 13.9 Å². The van der Waals surface area contributed by atoms with Crippen molar-refractivity contribution < 1.29 is 0 Å². The third-order valence-electron chi connectivity index (χ3n) is 4.30. The highest BCUT2D eigenvalue weighted by atomic mass is 16.2. The smallest absolute Gasteiger partial charge is 0.308 e. The van der Waals surface area contributed by atoms with Crippen LogP contribution in [-0.4, -0.2) is 15.2 Å². The summed E-state index contributed by atoms with van der Waals surface area (Å²) in [6.07, 6.45) is 8.93. The van der Waals surface area contributed by atoms with Crippen molar-refractivity contribution >= 4 is 0 Å². The Hall–Kier alpha value is -1.36. The molecule has 0 amide bonds. The van der Waals surface area contributed by atoms with Crippen LogP contribution in [0.3, 0.4) is 0 Å². The fraction of sp³-hybridized carbons (Fsp3) is 0.733. The molecule has 112 valence electrons. The second kappa shape index (κ2) is 6.88. The molecule has 1 fully saturated rings. The predicted octanol–water partition coefficient (Wildman–Crippen LogP) is 1.29. The van der Waals surface area contributed by atoms with Crippen molar-refractivity contribution in [2.24, 2.45) is 14.1 Å². The maximum atomic E-state index is 11.9. The Morgan fingerprint density at radius 1 is 1.05 bits per heavy atom. The summed E-state index contributed by atoms with van der Waals surface area (Å²) in [5.41, 5.74) is 0.273. The van der Waals surface area contributed by atoms with Gasteiger partial charge in [0.1, 0.15) is 0 Å². The summed E-state index contributed by atoms with van der Waals surface area (Å²) in [4.78, 5) is 23.5. The summed E-state index contributed by atoms with van der Waals surface area (Å²) < 4.78 is 2.69. The largest absolute Gasteiger partial charge is 0.330 e. The Labute approximate surface area is 119 Å². The van der Waals surface area contributed by atoms with Crippen molar-refractivity contribution in [3.8, 4) is 0 Å². The van der Waals surface area contributed by atoms with Crippen molar-refractivity contribution in [2.45, 2.75) is 57.5 Å². The summed E-state index contributed by atoms with van der Waals surface area (Å²) >= 11 is 0. The van der Waals surface area contributed by atoms with E-state index in [1.165, 1.54) is 52.0 Å². The highest BCUT2D eigenvalue weighted by molar-refractivity contribution is 5.02. The molecule has 20 heavy (non-hydrogen) atoms. The molecule has 2 rings (SSSR count). The minimum Gasteiger partial charge on any atom is -0.308 e. The summed E-state index contributed by atoms with van der Waals surface area (Å²) in [6, 6.07) is 2.06. The second-order valence-electron chi connectivity index (χ2n) is 5.80. The van der Waals surface area contributed by atoms with E-state index in [4.69, 9.17) is 0 Å². The van der Waals surface area contributed by atoms with E-state index in [-0.39, 0.29) is 11.2 Å². The summed E-state index contributed by atoms with van der Waals surface area (Å²) in [5.74, 6) is 0. The average molecular weight is 279 g/mol. The van der Waals surface area contributed by atoms with Crippen LogP contribution in [-0.2, 0) is 20.6 Å². The molecule has 0 aromatic carbocycles. The van der Waals surface area contributed by atoms with Crippen LogP contribution < -0.4 is 16.6 Å². The minimum atomic E-state index is -0.257. The number of rotatable bonds is 3. The first-order chi connectivity index (χ1) is 9.59. The molecule has 0 saturated heterocycles. The molecule has 0 bridgehead atoms. The first-order valence-corrected chi connectivity index (χ1v) is 7.59. The topological polar surface area (TPSA) is 56.0 Å². The van der Waals surface area contributed by atoms with Gasteiger partial charge in [-0.25, -0.2) is 4.79 Å². The number of aromatic nitrogens is 2. The Balaban J connectivity index is 2.03. The lowest BCUT2D eigenvalue weighted by Crippen LogP contribution is -2.40. The molecule has 0 radical (unpaired) electrons. The molecule has 5 nitrogen and oxygen atoms in total. The Morgan fingerprint density at radius 3 is 2.30 bits per heavy atom. The number of nitrogens with one attached hydrogen (secondary N) is 1. The fourth-order valence-corrected chi connectivity index (χ4v) is 2.86. The van der Waals surface area contributed by atoms with E-state index in [1.807, 2.05) is 0 Å². The van der Waals surface area contributed by atoms with Gasteiger partial charge < -0.3 is 5.32 Å². The van der Waals surface area contributed by atoms with Gasteiger partial charge in [0.05, 0.1) is 0 Å². The highest BCUT2D eigenvalue weighted by Gasteiger charge is 2.12. The maximum Gasteiger partial charge on any atom is 0.330 e. The zero-order valence-electron chi connectivity index (χ0n) is 12.5. The van der Waals surface area contributed by atoms with E-state index < -0.39 is 0 Å². The SMILES string of the molecule is Cn1c(CNC2CCCCCCC2)cc(=O)n(C)c1=O. The van der Waals surface area contributed by atoms with E-state index >= 15 is 0 Å². The van der Waals surface area contributed by atoms with Crippen LogP contribution in [0.2, 0.25) is 0 Å². The quantitative estimate of drug-likeness (QED) is 0.907. The van der Waals surface area contributed by atoms with Crippen molar-refractivity contribution in [3.63, 3.8) is 0 Å². The number of nitrogens with zero attached hydrogens (tertiary/aromatic N) is 2. The molecular weight excluding hydrogens is 254 g/mol. The van der Waals surface area contributed by atoms with Crippen molar-refractivity contribution in [1.29, 1.82) is 0 Å². The highest BCUT2D eigenvalue weighted by Crippen LogP contribution is 2.17. The summed E-state index contributed by atoms with van der Waals surface area (Å²) in [5, 5.41) is 3.51. The fourth-order valence-electron chi connectivity index (χ4n) is 2.86. The summed E-state index contributed by atoms with van der Waals surface area (Å²) in [7, 11) is 3.23. The molecule has 5 heteroatoms. The molecule has 1 aromatic rings. The van der Waals surface area contributed by atoms with Crippen LogP contribution in [0.5, 0.6) is 0 Å². The lowest BCUT2D eigenvalue weighted by atomic mass is 9.97. The van der Waals surface area contributed by atoms with Gasteiger partial charge in [-0.2, -0.15) is 0 Å². The maximum absolute atomic E-state index is 11.9. The minimum absolute atomic E-state index is 0.234. The van der Waals surface area contributed by atoms with Crippen LogP contribution >= 0.6 is 0 Å². The third kappa shape index (κ3) is 3.60. The van der Waals surface area contributed by atoms with Gasteiger partial charge in [-0.1, -0.05) is 32.1 Å². The Morgan fingerprint density at radius 2 is 1.65 bits per heavy atom. The number of hydrogen-bond donors (Lipinski definition) is 1. The standard InChI is InChI=1S/C15H25N3O2/c1-17-13(10-14(19)18(2)15(17)20)11-16-12-8-6-4-3-5-7-9-12/h10,12,16H,3-9,11H2,1-2H3. The molecule has 0 atom stereocenters. The molecule has 0 spiro atoms. The van der Waals surface area contributed by atoms with Gasteiger partial charge in [-0.05, 0) is 12.8 Å². The lowest BCUT2D eigenvalue weighted by Gasteiger charge is -2.21. The van der Waals surface area contributed by atoms with Gasteiger partial charge in [-0.15, -0.1) is 0 Å². The molecule has 0 aliphatic heterocycles. The van der Waals surface area contributed by atoms with Crippen LogP contribution in [0.1, 0.15) is 50.6 Å². The van der Waals surface area contributed by atoms with Gasteiger partial charge in [0.2, 0.25) is 0 Å². The van der Waals surface area contributed by atoms with Crippen LogP contribution in [0.25, 0.3) is 0 Å². The van der Waals surface area contributed by atoms with E-state index in [0.717, 1.165) is 10.3 Å². The predicted molar refractivity (Wildman–Crippen MR) is 79.9 cm³/mol. The van der Waals surface area contributed by atoms with Gasteiger partial charge in [0, 0.05) is 38.4 Å². The van der Waals surface area contributed by atoms with Gasteiger partial charge >= 0.3 is 5.69 Å². The molecule has 1 aromatic heterocycles. The monoisotopic (exact) mass is 279 g/mol. The number of hydrogen-bond acceptors (Lipinski definition) is 3. The Kier molecular flexibility index (Phi) is 5.17. The summed E-state index contributed by atoms with van der Waals surface area (Å²) in [6.45, 7) is 0.590. The van der Waals surface area contributed by atoms with Crippen molar-refractivity contribution in [2.75, 3.05) is 0 Å². The lowest BCUT2D eigenvalue weighted by molar-refractivity contribution is 0.384. The van der Waals surface area contributed by atoms with E-state index in [0.29, 0.717) is 12.6 Å². The van der Waals surface area contributed by atoms with E-state index in [2.05, 4.69) is 5.32 Å². The van der Waals surface area contributed by atoms with E-state index in [1.54, 1.807) is 17.7 Å². The van der Waals surface area contributed by atoms with Crippen LogP contribution in [0.4, 0.5) is 0 Å². The molecule has 0 unspecified atom stereocenters. The van der Waals surface area contributed by atoms with Crippen LogP contribution in [0, 0.1) is 0 Å². The van der Waals surface area contributed by atoms with Gasteiger partial charge in [0.15, 0.2) is 0 Å². The van der Waals surface area contributed by atoms with Crippen LogP contribution in [0.15, 0.2) is 15.7 Å². The third-order valence-corrected chi connectivity index (χ3v) is 4.30. The molecule has 1 aliphatic rings. The zero-order valence-corrected chi connectivity index (χ0v) is 12.5. The normalized spacial score (nSPS) is 17.7. The molecule has 1 aliphatic carbocycles. The van der Waals surface area contributed by atoms with Crippen molar-refractivity contribution in [1.82, 2.24) is 14.5 Å². The molecule has 1 saturated carbocycles. The Bertz CT molecular complexity index is 551.